The number of nitrogens with one attached hydrogen (secondary N) is 1. The number of fused-ring (bicyclic) bond motifs is 1. The molecule has 2 aliphatic heterocycles. The number of amides is 2. The molecule has 0 radical (unpaired) electrons. The van der Waals surface area contributed by atoms with E-state index < -0.39 is 0 Å². The summed E-state index contributed by atoms with van der Waals surface area (Å²) >= 11 is 0. The summed E-state index contributed by atoms with van der Waals surface area (Å²) in [5.41, 5.74) is 2.43. The molecular weight excluding hydrogens is 370 g/mol. The Kier molecular flexibility index (Phi) is 5.67. The SMILES string of the molecule is CCC(=O)Nc1cccc(C(=O)N2CCN(Cc3ccc4c(c3)OCO4)CC2)c1. The number of hydrogen-bond donors (Lipinski definition) is 1. The fourth-order valence-corrected chi connectivity index (χ4v) is 3.57. The zero-order valence-corrected chi connectivity index (χ0v) is 16.5. The largest absolute Gasteiger partial charge is 0.454 e. The normalized spacial score (nSPS) is 16.0. The average Bonchev–Trinajstić information content (AvgIpc) is 3.22. The molecule has 1 fully saturated rings. The highest BCUT2D eigenvalue weighted by Gasteiger charge is 2.23. The van der Waals surface area contributed by atoms with Gasteiger partial charge in [0.1, 0.15) is 0 Å². The van der Waals surface area contributed by atoms with E-state index in [9.17, 15) is 9.59 Å². The van der Waals surface area contributed by atoms with Gasteiger partial charge in [-0.15, -0.1) is 0 Å². The molecule has 1 saturated heterocycles. The fraction of sp³-hybridized carbons (Fsp3) is 0.364. The molecule has 0 atom stereocenters. The van der Waals surface area contributed by atoms with E-state index in [1.54, 1.807) is 31.2 Å². The smallest absolute Gasteiger partial charge is 0.254 e. The maximum Gasteiger partial charge on any atom is 0.254 e. The minimum absolute atomic E-state index is 0.000303. The lowest BCUT2D eigenvalue weighted by molar-refractivity contribution is -0.115. The van der Waals surface area contributed by atoms with Gasteiger partial charge in [-0.2, -0.15) is 0 Å². The lowest BCUT2D eigenvalue weighted by atomic mass is 10.1. The minimum atomic E-state index is -0.0632. The molecule has 0 aliphatic carbocycles. The van der Waals surface area contributed by atoms with E-state index in [0.29, 0.717) is 30.8 Å². The Morgan fingerprint density at radius 1 is 1.00 bits per heavy atom. The van der Waals surface area contributed by atoms with Gasteiger partial charge < -0.3 is 19.7 Å². The molecule has 7 heteroatoms. The van der Waals surface area contributed by atoms with Gasteiger partial charge in [0.15, 0.2) is 11.5 Å². The number of carbonyl (C=O) groups excluding carboxylic acids is 2. The molecule has 0 saturated carbocycles. The number of ether oxygens (including phenoxy) is 2. The maximum atomic E-state index is 12.9. The zero-order chi connectivity index (χ0) is 20.2. The first-order valence-corrected chi connectivity index (χ1v) is 9.92. The van der Waals surface area contributed by atoms with Gasteiger partial charge in [0.05, 0.1) is 0 Å². The summed E-state index contributed by atoms with van der Waals surface area (Å²) in [6, 6.07) is 13.2. The minimum Gasteiger partial charge on any atom is -0.454 e. The highest BCUT2D eigenvalue weighted by Crippen LogP contribution is 2.32. The lowest BCUT2D eigenvalue weighted by Gasteiger charge is -2.34. The van der Waals surface area contributed by atoms with E-state index in [0.717, 1.165) is 31.1 Å². The van der Waals surface area contributed by atoms with Crippen LogP contribution in [0.25, 0.3) is 0 Å². The average molecular weight is 395 g/mol. The number of anilines is 1. The first-order valence-electron chi connectivity index (χ1n) is 9.92. The zero-order valence-electron chi connectivity index (χ0n) is 16.5. The van der Waals surface area contributed by atoms with Crippen molar-refractivity contribution in [2.45, 2.75) is 19.9 Å². The second-order valence-electron chi connectivity index (χ2n) is 7.24. The Morgan fingerprint density at radius 3 is 2.59 bits per heavy atom. The Hall–Kier alpha value is -3.06. The van der Waals surface area contributed by atoms with Crippen LogP contribution in [0, 0.1) is 0 Å². The third-order valence-corrected chi connectivity index (χ3v) is 5.22. The summed E-state index contributed by atoms with van der Waals surface area (Å²) in [5.74, 6) is 1.53. The van der Waals surface area contributed by atoms with Gasteiger partial charge in [-0.3, -0.25) is 14.5 Å². The van der Waals surface area contributed by atoms with Crippen molar-refractivity contribution in [1.82, 2.24) is 9.80 Å². The molecule has 2 aromatic rings. The summed E-state index contributed by atoms with van der Waals surface area (Å²) in [4.78, 5) is 28.7. The first-order chi connectivity index (χ1) is 14.1. The lowest BCUT2D eigenvalue weighted by Crippen LogP contribution is -2.48. The Morgan fingerprint density at radius 2 is 1.79 bits per heavy atom. The van der Waals surface area contributed by atoms with Gasteiger partial charge in [0.25, 0.3) is 5.91 Å². The number of piperazine rings is 1. The Balaban J connectivity index is 1.33. The molecule has 2 aromatic carbocycles. The fourth-order valence-electron chi connectivity index (χ4n) is 3.57. The molecule has 1 N–H and O–H groups in total. The van der Waals surface area contributed by atoms with E-state index >= 15 is 0 Å². The second kappa shape index (κ2) is 8.53. The highest BCUT2D eigenvalue weighted by molar-refractivity contribution is 5.97. The van der Waals surface area contributed by atoms with Crippen LogP contribution < -0.4 is 14.8 Å². The molecular formula is C22H25N3O4. The number of nitrogens with zero attached hydrogens (tertiary/aromatic N) is 2. The first kappa shape index (κ1) is 19.3. The molecule has 4 rings (SSSR count). The predicted octanol–water partition coefficient (Wildman–Crippen LogP) is 2.72. The van der Waals surface area contributed by atoms with Crippen LogP contribution in [0.2, 0.25) is 0 Å². The van der Waals surface area contributed by atoms with Crippen molar-refractivity contribution in [3.8, 4) is 11.5 Å². The van der Waals surface area contributed by atoms with Crippen LogP contribution in [0.1, 0.15) is 29.3 Å². The molecule has 7 nitrogen and oxygen atoms in total. The maximum absolute atomic E-state index is 12.9. The third-order valence-electron chi connectivity index (χ3n) is 5.22. The number of carbonyl (C=O) groups is 2. The topological polar surface area (TPSA) is 71.1 Å². The molecule has 0 spiro atoms. The van der Waals surface area contributed by atoms with Gasteiger partial charge in [-0.1, -0.05) is 19.1 Å². The van der Waals surface area contributed by atoms with E-state index in [2.05, 4.69) is 16.3 Å². The molecule has 0 unspecified atom stereocenters. The number of hydrogen-bond acceptors (Lipinski definition) is 5. The molecule has 152 valence electrons. The van der Waals surface area contributed by atoms with Crippen LogP contribution in [0.15, 0.2) is 42.5 Å². The summed E-state index contributed by atoms with van der Waals surface area (Å²) in [5, 5.41) is 2.80. The van der Waals surface area contributed by atoms with E-state index in [1.807, 2.05) is 17.0 Å². The summed E-state index contributed by atoms with van der Waals surface area (Å²) in [6.07, 6.45) is 0.406. The van der Waals surface area contributed by atoms with Gasteiger partial charge in [0.2, 0.25) is 12.7 Å². The van der Waals surface area contributed by atoms with Crippen LogP contribution in [0.3, 0.4) is 0 Å². The summed E-state index contributed by atoms with van der Waals surface area (Å²) < 4.78 is 10.8. The molecule has 0 bridgehead atoms. The van der Waals surface area contributed by atoms with Gasteiger partial charge in [-0.25, -0.2) is 0 Å². The number of benzene rings is 2. The van der Waals surface area contributed by atoms with Gasteiger partial charge >= 0.3 is 0 Å². The van der Waals surface area contributed by atoms with Crippen molar-refractivity contribution >= 4 is 17.5 Å². The van der Waals surface area contributed by atoms with Crippen LogP contribution >= 0.6 is 0 Å². The second-order valence-corrected chi connectivity index (χ2v) is 7.24. The highest BCUT2D eigenvalue weighted by atomic mass is 16.7. The molecule has 2 aliphatic rings. The van der Waals surface area contributed by atoms with Crippen molar-refractivity contribution < 1.29 is 19.1 Å². The van der Waals surface area contributed by atoms with E-state index in [-0.39, 0.29) is 18.6 Å². The Labute approximate surface area is 170 Å². The Bertz CT molecular complexity index is 907. The quantitative estimate of drug-likeness (QED) is 0.843. The molecule has 29 heavy (non-hydrogen) atoms. The van der Waals surface area contributed by atoms with Crippen LogP contribution in [0.5, 0.6) is 11.5 Å². The monoisotopic (exact) mass is 395 g/mol. The molecule has 0 aromatic heterocycles. The van der Waals surface area contributed by atoms with Gasteiger partial charge in [0, 0.05) is 50.4 Å². The van der Waals surface area contributed by atoms with Crippen molar-refractivity contribution in [2.75, 3.05) is 38.3 Å². The third kappa shape index (κ3) is 4.51. The van der Waals surface area contributed by atoms with Crippen molar-refractivity contribution in [3.63, 3.8) is 0 Å². The molecule has 2 amide bonds. The van der Waals surface area contributed by atoms with E-state index in [1.165, 1.54) is 5.56 Å². The predicted molar refractivity (Wildman–Crippen MR) is 109 cm³/mol. The van der Waals surface area contributed by atoms with Crippen molar-refractivity contribution in [3.05, 3.63) is 53.6 Å². The summed E-state index contributed by atoms with van der Waals surface area (Å²) in [7, 11) is 0. The standard InChI is InChI=1S/C22H25N3O4/c1-2-21(26)23-18-5-3-4-17(13-18)22(27)25-10-8-24(9-11-25)14-16-6-7-19-20(12-16)29-15-28-19/h3-7,12-13H,2,8-11,14-15H2,1H3,(H,23,26). The van der Waals surface area contributed by atoms with Crippen LogP contribution in [0.4, 0.5) is 5.69 Å². The van der Waals surface area contributed by atoms with Crippen LogP contribution in [-0.4, -0.2) is 54.6 Å². The number of rotatable bonds is 5. The van der Waals surface area contributed by atoms with Crippen LogP contribution in [-0.2, 0) is 11.3 Å². The summed E-state index contributed by atoms with van der Waals surface area (Å²) in [6.45, 7) is 5.87. The van der Waals surface area contributed by atoms with Gasteiger partial charge in [-0.05, 0) is 35.9 Å². The van der Waals surface area contributed by atoms with Crippen molar-refractivity contribution in [2.24, 2.45) is 0 Å². The van der Waals surface area contributed by atoms with E-state index in [4.69, 9.17) is 9.47 Å². The molecule has 2 heterocycles. The van der Waals surface area contributed by atoms with Crippen molar-refractivity contribution in [1.29, 1.82) is 0 Å².